The average molecular weight is 355 g/mol. The third-order valence-electron chi connectivity index (χ3n) is 3.98. The first-order valence-corrected chi connectivity index (χ1v) is 8.73. The van der Waals surface area contributed by atoms with Gasteiger partial charge < -0.3 is 20.5 Å². The molecule has 3 N–H and O–H groups in total. The molecule has 2 rings (SSSR count). The van der Waals surface area contributed by atoms with Crippen LogP contribution in [-0.2, 0) is 11.2 Å². The topological polar surface area (TPSA) is 72.1 Å². The predicted octanol–water partition coefficient (Wildman–Crippen LogP) is 1.52. The molecule has 1 aliphatic heterocycles. The fourth-order valence-corrected chi connectivity index (χ4v) is 2.82. The summed E-state index contributed by atoms with van der Waals surface area (Å²) in [5.74, 6) is 1.25. The first-order chi connectivity index (χ1) is 11.7. The van der Waals surface area contributed by atoms with Gasteiger partial charge in [-0.3, -0.25) is 9.89 Å². The number of aliphatic imine (C=N–C) groups is 1. The maximum atomic E-state index is 6.22. The van der Waals surface area contributed by atoms with Crippen molar-refractivity contribution < 1.29 is 9.47 Å². The van der Waals surface area contributed by atoms with Crippen LogP contribution in [0.4, 0.5) is 0 Å². The second-order valence-corrected chi connectivity index (χ2v) is 6.12. The van der Waals surface area contributed by atoms with Crippen molar-refractivity contribution in [1.29, 1.82) is 0 Å². The van der Waals surface area contributed by atoms with Gasteiger partial charge >= 0.3 is 0 Å². The molecule has 134 valence electrons. The van der Waals surface area contributed by atoms with Gasteiger partial charge in [-0.15, -0.1) is 0 Å². The molecule has 0 aliphatic carbocycles. The minimum Gasteiger partial charge on any atom is -0.497 e. The van der Waals surface area contributed by atoms with Gasteiger partial charge in [0.25, 0.3) is 0 Å². The van der Waals surface area contributed by atoms with Crippen LogP contribution in [0.2, 0.25) is 5.02 Å². The van der Waals surface area contributed by atoms with Gasteiger partial charge in [0, 0.05) is 37.7 Å². The second-order valence-electron chi connectivity index (χ2n) is 5.71. The first-order valence-electron chi connectivity index (χ1n) is 8.35. The van der Waals surface area contributed by atoms with Crippen LogP contribution >= 0.6 is 11.6 Å². The Balaban J connectivity index is 1.62. The third-order valence-corrected chi connectivity index (χ3v) is 4.33. The zero-order valence-electron chi connectivity index (χ0n) is 14.3. The molecule has 0 unspecified atom stereocenters. The highest BCUT2D eigenvalue weighted by atomic mass is 35.5. The van der Waals surface area contributed by atoms with Crippen LogP contribution in [0.25, 0.3) is 0 Å². The molecule has 1 saturated heterocycles. The van der Waals surface area contributed by atoms with Gasteiger partial charge in [-0.1, -0.05) is 17.7 Å². The number of rotatable bonds is 8. The van der Waals surface area contributed by atoms with E-state index in [9.17, 15) is 0 Å². The van der Waals surface area contributed by atoms with Crippen LogP contribution in [0.3, 0.4) is 0 Å². The Hall–Kier alpha value is -1.50. The molecule has 6 nitrogen and oxygen atoms in total. The maximum Gasteiger partial charge on any atom is 0.188 e. The number of halogens is 1. The lowest BCUT2D eigenvalue weighted by atomic mass is 10.1. The summed E-state index contributed by atoms with van der Waals surface area (Å²) in [6.07, 6.45) is 1.79. The molecule has 1 fully saturated rings. The minimum atomic E-state index is 0.488. The van der Waals surface area contributed by atoms with Crippen LogP contribution in [0.5, 0.6) is 5.75 Å². The number of nitrogens with one attached hydrogen (secondary N) is 1. The molecule has 7 heteroatoms. The largest absolute Gasteiger partial charge is 0.497 e. The number of hydrogen-bond acceptors (Lipinski definition) is 4. The number of benzene rings is 1. The highest BCUT2D eigenvalue weighted by Crippen LogP contribution is 2.22. The molecule has 0 amide bonds. The van der Waals surface area contributed by atoms with E-state index in [1.165, 1.54) is 0 Å². The summed E-state index contributed by atoms with van der Waals surface area (Å²) in [7, 11) is 1.63. The number of morpholine rings is 1. The summed E-state index contributed by atoms with van der Waals surface area (Å²) < 4.78 is 10.5. The number of guanidine groups is 1. The first kappa shape index (κ1) is 18.8. The number of ether oxygens (including phenoxy) is 2. The van der Waals surface area contributed by atoms with Crippen molar-refractivity contribution in [3.63, 3.8) is 0 Å². The summed E-state index contributed by atoms with van der Waals surface area (Å²) in [6, 6.07) is 5.70. The van der Waals surface area contributed by atoms with Gasteiger partial charge in [-0.05, 0) is 30.5 Å². The van der Waals surface area contributed by atoms with Crippen LogP contribution in [-0.4, -0.2) is 63.9 Å². The van der Waals surface area contributed by atoms with Crippen LogP contribution < -0.4 is 15.8 Å². The zero-order chi connectivity index (χ0) is 17.2. The summed E-state index contributed by atoms with van der Waals surface area (Å²) in [5, 5.41) is 3.84. The highest BCUT2D eigenvalue weighted by Gasteiger charge is 2.08. The van der Waals surface area contributed by atoms with Crippen molar-refractivity contribution in [2.75, 3.05) is 53.0 Å². The standard InChI is InChI=1S/C17H27ClN4O2/c1-23-15-4-3-14(16(18)13-15)5-7-21-17(19)20-6-2-8-22-9-11-24-12-10-22/h3-4,13H,2,5-12H2,1H3,(H3,19,20,21). The zero-order valence-corrected chi connectivity index (χ0v) is 15.0. The van der Waals surface area contributed by atoms with E-state index in [4.69, 9.17) is 26.8 Å². The molecule has 0 spiro atoms. The molecule has 1 aromatic carbocycles. The third kappa shape index (κ3) is 6.55. The SMILES string of the molecule is COc1ccc(CCNC(N)=NCCCN2CCOCC2)c(Cl)c1. The molecule has 0 radical (unpaired) electrons. The summed E-state index contributed by atoms with van der Waals surface area (Å²) in [4.78, 5) is 6.76. The fourth-order valence-electron chi connectivity index (χ4n) is 2.56. The van der Waals surface area contributed by atoms with E-state index >= 15 is 0 Å². The molecular formula is C17H27ClN4O2. The van der Waals surface area contributed by atoms with Gasteiger partial charge in [0.1, 0.15) is 5.75 Å². The summed E-state index contributed by atoms with van der Waals surface area (Å²) >= 11 is 6.22. The number of nitrogens with two attached hydrogens (primary N) is 1. The van der Waals surface area contributed by atoms with E-state index in [1.54, 1.807) is 7.11 Å². The van der Waals surface area contributed by atoms with Crippen LogP contribution in [0, 0.1) is 0 Å². The van der Waals surface area contributed by atoms with E-state index in [0.29, 0.717) is 17.5 Å². The van der Waals surface area contributed by atoms with Crippen molar-refractivity contribution in [1.82, 2.24) is 10.2 Å². The van der Waals surface area contributed by atoms with Gasteiger partial charge in [-0.2, -0.15) is 0 Å². The van der Waals surface area contributed by atoms with Crippen molar-refractivity contribution in [2.24, 2.45) is 10.7 Å². The number of hydrogen-bond donors (Lipinski definition) is 2. The van der Waals surface area contributed by atoms with Crippen molar-refractivity contribution in [3.8, 4) is 5.75 Å². The summed E-state index contributed by atoms with van der Waals surface area (Å²) in [6.45, 7) is 6.17. The Morgan fingerprint density at radius 3 is 2.92 bits per heavy atom. The molecule has 1 heterocycles. The van der Waals surface area contributed by atoms with Gasteiger partial charge in [-0.25, -0.2) is 0 Å². The van der Waals surface area contributed by atoms with E-state index in [2.05, 4.69) is 15.2 Å². The average Bonchev–Trinajstić information content (AvgIpc) is 2.61. The fraction of sp³-hybridized carbons (Fsp3) is 0.588. The van der Waals surface area contributed by atoms with Crippen molar-refractivity contribution in [2.45, 2.75) is 12.8 Å². The summed E-state index contributed by atoms with van der Waals surface area (Å²) in [5.41, 5.74) is 6.95. The molecule has 1 aliphatic rings. The van der Waals surface area contributed by atoms with E-state index in [0.717, 1.165) is 63.5 Å². The minimum absolute atomic E-state index is 0.488. The van der Waals surface area contributed by atoms with E-state index in [1.807, 2.05) is 18.2 Å². The monoisotopic (exact) mass is 354 g/mol. The number of methoxy groups -OCH3 is 1. The molecule has 0 atom stereocenters. The van der Waals surface area contributed by atoms with Gasteiger partial charge in [0.05, 0.1) is 20.3 Å². The van der Waals surface area contributed by atoms with E-state index < -0.39 is 0 Å². The molecule has 0 aromatic heterocycles. The Morgan fingerprint density at radius 2 is 2.21 bits per heavy atom. The number of nitrogens with zero attached hydrogens (tertiary/aromatic N) is 2. The van der Waals surface area contributed by atoms with Crippen LogP contribution in [0.15, 0.2) is 23.2 Å². The van der Waals surface area contributed by atoms with Crippen molar-refractivity contribution >= 4 is 17.6 Å². The van der Waals surface area contributed by atoms with Crippen LogP contribution in [0.1, 0.15) is 12.0 Å². The molecule has 0 bridgehead atoms. The Morgan fingerprint density at radius 1 is 1.42 bits per heavy atom. The van der Waals surface area contributed by atoms with E-state index in [-0.39, 0.29) is 0 Å². The second kappa shape index (κ2) is 10.4. The quantitative estimate of drug-likeness (QED) is 0.420. The van der Waals surface area contributed by atoms with Crippen molar-refractivity contribution in [3.05, 3.63) is 28.8 Å². The maximum absolute atomic E-state index is 6.22. The lowest BCUT2D eigenvalue weighted by Gasteiger charge is -2.26. The highest BCUT2D eigenvalue weighted by molar-refractivity contribution is 6.31. The molecule has 1 aromatic rings. The Labute approximate surface area is 149 Å². The lowest BCUT2D eigenvalue weighted by Crippen LogP contribution is -2.37. The Kier molecular flexibility index (Phi) is 8.15. The molecule has 24 heavy (non-hydrogen) atoms. The molecule has 0 saturated carbocycles. The predicted molar refractivity (Wildman–Crippen MR) is 98.1 cm³/mol. The van der Waals surface area contributed by atoms with Gasteiger partial charge in [0.15, 0.2) is 5.96 Å². The Bertz CT molecular complexity index is 533. The smallest absolute Gasteiger partial charge is 0.188 e. The van der Waals surface area contributed by atoms with Gasteiger partial charge in [0.2, 0.25) is 0 Å². The normalized spacial score (nSPS) is 16.2. The molecular weight excluding hydrogens is 328 g/mol. The lowest BCUT2D eigenvalue weighted by molar-refractivity contribution is 0.0377.